The Hall–Kier alpha value is -2.90. The van der Waals surface area contributed by atoms with E-state index in [9.17, 15) is 9.59 Å². The average Bonchev–Trinajstić information content (AvgIpc) is 2.81. The molecular formula is C15H18N2O6. The van der Waals surface area contributed by atoms with Crippen LogP contribution in [0, 0.1) is 5.92 Å². The molecule has 23 heavy (non-hydrogen) atoms. The van der Waals surface area contributed by atoms with Crippen molar-refractivity contribution in [1.29, 1.82) is 0 Å². The summed E-state index contributed by atoms with van der Waals surface area (Å²) >= 11 is 0. The molecule has 8 nitrogen and oxygen atoms in total. The highest BCUT2D eigenvalue weighted by Gasteiger charge is 2.39. The zero-order valence-corrected chi connectivity index (χ0v) is 12.6. The van der Waals surface area contributed by atoms with E-state index in [0.29, 0.717) is 12.1 Å². The molecule has 8 heteroatoms. The van der Waals surface area contributed by atoms with Crippen LogP contribution in [0.3, 0.4) is 0 Å². The van der Waals surface area contributed by atoms with E-state index in [1.165, 1.54) is 5.01 Å². The number of carbonyl (C=O) groups excluding carboxylic acids is 2. The maximum absolute atomic E-state index is 12.1. The topological polar surface area (TPSA) is 124 Å². The SMILES string of the molecule is CCCCC1C(=O)NN(c2ccccc2)C1=O.O=C(O)C(=O)O. The maximum atomic E-state index is 12.1. The van der Waals surface area contributed by atoms with Crippen molar-refractivity contribution in [2.24, 2.45) is 5.92 Å². The largest absolute Gasteiger partial charge is 0.473 e. The van der Waals surface area contributed by atoms with Gasteiger partial charge in [-0.2, -0.15) is 0 Å². The van der Waals surface area contributed by atoms with Gasteiger partial charge in [0.15, 0.2) is 0 Å². The molecule has 2 amide bonds. The normalized spacial score (nSPS) is 16.4. The van der Waals surface area contributed by atoms with Crippen LogP contribution in [-0.2, 0) is 19.2 Å². The lowest BCUT2D eigenvalue weighted by atomic mass is 10.0. The van der Waals surface area contributed by atoms with Gasteiger partial charge in [-0.25, -0.2) is 14.6 Å². The molecule has 3 N–H and O–H groups in total. The van der Waals surface area contributed by atoms with Gasteiger partial charge in [0, 0.05) is 0 Å². The van der Waals surface area contributed by atoms with E-state index in [1.54, 1.807) is 12.1 Å². The quantitative estimate of drug-likeness (QED) is 0.562. The fourth-order valence-corrected chi connectivity index (χ4v) is 1.94. The molecule has 124 valence electrons. The lowest BCUT2D eigenvalue weighted by Gasteiger charge is -2.14. The van der Waals surface area contributed by atoms with Crippen molar-refractivity contribution >= 4 is 29.4 Å². The third-order valence-corrected chi connectivity index (χ3v) is 3.10. The first-order chi connectivity index (χ1) is 10.9. The molecule has 1 heterocycles. The number of aliphatic carboxylic acids is 2. The Bertz CT molecular complexity index is 575. The molecule has 1 saturated heterocycles. The number of unbranched alkanes of at least 4 members (excludes halogenated alkanes) is 1. The number of nitrogens with zero attached hydrogens (tertiary/aromatic N) is 1. The number of anilines is 1. The molecule has 2 rings (SSSR count). The molecule has 1 aliphatic heterocycles. The van der Waals surface area contributed by atoms with Crippen LogP contribution in [0.2, 0.25) is 0 Å². The van der Waals surface area contributed by atoms with E-state index in [1.807, 2.05) is 25.1 Å². The van der Waals surface area contributed by atoms with Crippen molar-refractivity contribution in [3.05, 3.63) is 30.3 Å². The number of nitrogens with one attached hydrogen (secondary N) is 1. The van der Waals surface area contributed by atoms with Crippen molar-refractivity contribution in [1.82, 2.24) is 5.43 Å². The Kier molecular flexibility index (Phi) is 6.72. The van der Waals surface area contributed by atoms with Crippen LogP contribution >= 0.6 is 0 Å². The minimum atomic E-state index is -1.82. The van der Waals surface area contributed by atoms with Gasteiger partial charge in [-0.1, -0.05) is 38.0 Å². The van der Waals surface area contributed by atoms with E-state index in [2.05, 4.69) is 5.43 Å². The molecule has 0 saturated carbocycles. The molecule has 1 atom stereocenters. The highest BCUT2D eigenvalue weighted by molar-refractivity contribution is 6.27. The Labute approximate surface area is 132 Å². The number of hydrogen-bond donors (Lipinski definition) is 3. The number of amides is 2. The first-order valence-electron chi connectivity index (χ1n) is 7.04. The number of carbonyl (C=O) groups is 4. The second-order valence-electron chi connectivity index (χ2n) is 4.79. The summed E-state index contributed by atoms with van der Waals surface area (Å²) in [6, 6.07) is 9.17. The zero-order valence-electron chi connectivity index (χ0n) is 12.6. The van der Waals surface area contributed by atoms with Crippen molar-refractivity contribution in [3.8, 4) is 0 Å². The van der Waals surface area contributed by atoms with Gasteiger partial charge in [-0.15, -0.1) is 0 Å². The first-order valence-corrected chi connectivity index (χ1v) is 7.04. The Morgan fingerprint density at radius 3 is 2.17 bits per heavy atom. The lowest BCUT2D eigenvalue weighted by Crippen LogP contribution is -2.35. The van der Waals surface area contributed by atoms with Crippen LogP contribution in [0.5, 0.6) is 0 Å². The van der Waals surface area contributed by atoms with E-state index < -0.39 is 17.9 Å². The van der Waals surface area contributed by atoms with Crippen LogP contribution in [0.4, 0.5) is 5.69 Å². The van der Waals surface area contributed by atoms with Gasteiger partial charge in [0.2, 0.25) is 0 Å². The molecular weight excluding hydrogens is 304 g/mol. The molecule has 1 aromatic rings. The van der Waals surface area contributed by atoms with Gasteiger partial charge < -0.3 is 10.2 Å². The molecule has 0 aromatic heterocycles. The predicted molar refractivity (Wildman–Crippen MR) is 80.4 cm³/mol. The van der Waals surface area contributed by atoms with Gasteiger partial charge in [0.05, 0.1) is 5.69 Å². The van der Waals surface area contributed by atoms with E-state index in [-0.39, 0.29) is 11.8 Å². The van der Waals surface area contributed by atoms with Gasteiger partial charge in [0.25, 0.3) is 11.8 Å². The molecule has 0 aliphatic carbocycles. The Morgan fingerprint density at radius 1 is 1.13 bits per heavy atom. The summed E-state index contributed by atoms with van der Waals surface area (Å²) in [7, 11) is 0. The molecule has 1 fully saturated rings. The van der Waals surface area contributed by atoms with Gasteiger partial charge >= 0.3 is 11.9 Å². The highest BCUT2D eigenvalue weighted by atomic mass is 16.4. The average molecular weight is 322 g/mol. The van der Waals surface area contributed by atoms with Crippen LogP contribution in [0.1, 0.15) is 26.2 Å². The molecule has 1 aromatic carbocycles. The number of carboxylic acid groups (broad SMARTS) is 2. The van der Waals surface area contributed by atoms with Gasteiger partial charge in [0.1, 0.15) is 5.92 Å². The summed E-state index contributed by atoms with van der Waals surface area (Å²) in [6.07, 6.45) is 2.51. The van der Waals surface area contributed by atoms with E-state index in [4.69, 9.17) is 19.8 Å². The summed E-state index contributed by atoms with van der Waals surface area (Å²) in [5, 5.41) is 16.1. The fraction of sp³-hybridized carbons (Fsp3) is 0.333. The van der Waals surface area contributed by atoms with Crippen molar-refractivity contribution in [2.75, 3.05) is 5.01 Å². The number of rotatable bonds is 4. The number of hydrogen-bond acceptors (Lipinski definition) is 4. The number of para-hydroxylation sites is 1. The van der Waals surface area contributed by atoms with Crippen molar-refractivity contribution in [2.45, 2.75) is 26.2 Å². The Morgan fingerprint density at radius 2 is 1.70 bits per heavy atom. The smallest absolute Gasteiger partial charge is 0.414 e. The summed E-state index contributed by atoms with van der Waals surface area (Å²) in [5.74, 6) is -4.50. The number of hydrazine groups is 1. The summed E-state index contributed by atoms with van der Waals surface area (Å²) in [4.78, 5) is 42.0. The maximum Gasteiger partial charge on any atom is 0.414 e. The molecule has 0 radical (unpaired) electrons. The van der Waals surface area contributed by atoms with Crippen LogP contribution < -0.4 is 10.4 Å². The summed E-state index contributed by atoms with van der Waals surface area (Å²) in [6.45, 7) is 2.05. The van der Waals surface area contributed by atoms with Crippen molar-refractivity contribution in [3.63, 3.8) is 0 Å². The van der Waals surface area contributed by atoms with E-state index >= 15 is 0 Å². The number of carboxylic acids is 2. The Balaban J connectivity index is 0.000000379. The lowest BCUT2D eigenvalue weighted by molar-refractivity contribution is -0.159. The standard InChI is InChI=1S/C13H16N2O2.C2H2O4/c1-2-3-9-11-12(16)14-15(13(11)17)10-7-5-4-6-8-10;3-1(4)2(5)6/h4-8,11H,2-3,9H2,1H3,(H,14,16);(H,3,4)(H,5,6). The zero-order chi connectivity index (χ0) is 17.4. The molecule has 1 unspecified atom stereocenters. The number of benzene rings is 1. The third kappa shape index (κ3) is 5.10. The minimum Gasteiger partial charge on any atom is -0.473 e. The van der Waals surface area contributed by atoms with Crippen LogP contribution in [-0.4, -0.2) is 34.0 Å². The molecule has 1 aliphatic rings. The molecule has 0 bridgehead atoms. The monoisotopic (exact) mass is 322 g/mol. The predicted octanol–water partition coefficient (Wildman–Crippen LogP) is 1.03. The van der Waals surface area contributed by atoms with Crippen LogP contribution in [0.15, 0.2) is 30.3 Å². The summed E-state index contributed by atoms with van der Waals surface area (Å²) < 4.78 is 0. The molecule has 0 spiro atoms. The summed E-state index contributed by atoms with van der Waals surface area (Å²) in [5.41, 5.74) is 3.34. The highest BCUT2D eigenvalue weighted by Crippen LogP contribution is 2.22. The second kappa shape index (κ2) is 8.52. The minimum absolute atomic E-state index is 0.144. The first kappa shape index (κ1) is 18.1. The van der Waals surface area contributed by atoms with Crippen molar-refractivity contribution < 1.29 is 29.4 Å². The second-order valence-corrected chi connectivity index (χ2v) is 4.79. The van der Waals surface area contributed by atoms with Gasteiger partial charge in [-0.05, 0) is 18.6 Å². The van der Waals surface area contributed by atoms with Crippen LogP contribution in [0.25, 0.3) is 0 Å². The fourth-order valence-electron chi connectivity index (χ4n) is 1.94. The third-order valence-electron chi connectivity index (χ3n) is 3.10. The van der Waals surface area contributed by atoms with Gasteiger partial charge in [-0.3, -0.25) is 15.0 Å². The van der Waals surface area contributed by atoms with E-state index in [0.717, 1.165) is 12.8 Å².